The third-order valence-electron chi connectivity index (χ3n) is 10.00. The topological polar surface area (TPSA) is 596 Å². The van der Waals surface area contributed by atoms with Crippen LogP contribution in [-0.4, -0.2) is 294 Å². The van der Waals surface area contributed by atoms with Gasteiger partial charge in [-0.15, -0.1) is 0 Å². The van der Waals surface area contributed by atoms with Crippen LogP contribution in [0.5, 0.6) is 0 Å². The summed E-state index contributed by atoms with van der Waals surface area (Å²) in [5.74, 6) is -9.57. The summed E-state index contributed by atoms with van der Waals surface area (Å²) in [6.07, 6.45) is -20.3. The van der Waals surface area contributed by atoms with E-state index in [4.69, 9.17) is 84.2 Å². The van der Waals surface area contributed by atoms with Crippen molar-refractivity contribution in [3.8, 4) is 0 Å². The molecule has 0 radical (unpaired) electrons. The lowest BCUT2D eigenvalue weighted by molar-refractivity contribution is -0.465. The van der Waals surface area contributed by atoms with Crippen molar-refractivity contribution in [1.29, 1.82) is 0 Å². The van der Waals surface area contributed by atoms with Crippen LogP contribution < -0.4 is 0 Å². The molecule has 40 nitrogen and oxygen atoms in total. The van der Waals surface area contributed by atoms with Crippen LogP contribution in [0, 0.1) is 0 Å². The lowest BCUT2D eigenvalue weighted by Crippen LogP contribution is -2.49. The fourth-order valence-electron chi connectivity index (χ4n) is 6.44. The number of rotatable bonds is 22. The van der Waals surface area contributed by atoms with Gasteiger partial charge in [-0.3, -0.25) is 47.9 Å². The second-order valence-electron chi connectivity index (χ2n) is 16.8. The van der Waals surface area contributed by atoms with E-state index in [1.807, 2.05) is 0 Å². The summed E-state index contributed by atoms with van der Waals surface area (Å²) in [4.78, 5) is 134. The SMILES string of the molecule is COC(=O)[C@H](OC(C)=O)[C@H](OC(C)=O)C(=O)COC(C)=O.COC(=O)[C@H](OC(C)=O)[C@H](OC(C)=O)C(O)COC(C)=O.COC1OC(CO)[C@@H](O)[C@H]1O.COC1OC(COC(C)=O)[C@@H](OC(C)=O)[C@H]1OC(C)=O.O.OCC1OC(O)[C@H](O)[C@@H]1O.OOO. The molecule has 3 saturated heterocycles. The first-order chi connectivity index (χ1) is 40.0. The monoisotopic (exact) mass is 1280 g/mol. The third kappa shape index (κ3) is 34.9. The number of aliphatic hydroxyl groups is 8. The van der Waals surface area contributed by atoms with E-state index in [0.717, 1.165) is 55.8 Å². The van der Waals surface area contributed by atoms with Gasteiger partial charge >= 0.3 is 65.7 Å². The smallest absolute Gasteiger partial charge is 0.351 e. The van der Waals surface area contributed by atoms with Crippen LogP contribution in [0.2, 0.25) is 0 Å². The maximum atomic E-state index is 11.9. The van der Waals surface area contributed by atoms with E-state index in [1.165, 1.54) is 35.0 Å². The number of esters is 11. The summed E-state index contributed by atoms with van der Waals surface area (Å²) in [6, 6.07) is 0. The quantitative estimate of drug-likeness (QED) is 0.0208. The van der Waals surface area contributed by atoms with Crippen LogP contribution in [0.3, 0.4) is 0 Å². The van der Waals surface area contributed by atoms with Gasteiger partial charge in [-0.2, -0.15) is 0 Å². The molecular formula is C47H78O40. The van der Waals surface area contributed by atoms with Crippen LogP contribution >= 0.6 is 0 Å². The fraction of sp³-hybridized carbons (Fsp3) is 0.745. The maximum Gasteiger partial charge on any atom is 0.351 e. The van der Waals surface area contributed by atoms with Crippen molar-refractivity contribution in [2.24, 2.45) is 0 Å². The minimum atomic E-state index is -1.78. The lowest BCUT2D eigenvalue weighted by Gasteiger charge is -2.27. The summed E-state index contributed by atoms with van der Waals surface area (Å²) in [5, 5.41) is 87.2. The molecule has 87 heavy (non-hydrogen) atoms. The van der Waals surface area contributed by atoms with Gasteiger partial charge in [0.2, 0.25) is 24.1 Å². The lowest BCUT2D eigenvalue weighted by atomic mass is 10.1. The van der Waals surface area contributed by atoms with Crippen molar-refractivity contribution in [3.05, 3.63) is 0 Å². The summed E-state index contributed by atoms with van der Waals surface area (Å²) >= 11 is 0. The largest absolute Gasteiger partial charge is 0.466 e. The zero-order valence-electron chi connectivity index (χ0n) is 49.2. The van der Waals surface area contributed by atoms with E-state index < -0.39 is 196 Å². The first-order valence-corrected chi connectivity index (χ1v) is 24.4. The number of hydrogen-bond donors (Lipinski definition) is 10. The van der Waals surface area contributed by atoms with E-state index in [0.29, 0.717) is 0 Å². The Balaban J connectivity index is -0.000000499. The molecule has 0 amide bonds. The Morgan fingerprint density at radius 1 is 0.448 bits per heavy atom. The minimum Gasteiger partial charge on any atom is -0.466 e. The average Bonchev–Trinajstić information content (AvgIpc) is 3.13. The Kier molecular flexibility index (Phi) is 46.1. The first kappa shape index (κ1) is 86.6. The standard InChI is InChI=1S/C12H18O9.C12H16O9.C12H18O8.C6H12O5.C5H10O5.H2O3.H2O/c2*1-6(13)19-5-9(16)10(20-7(2)14)11(12(17)18-4)21-8(3)15;1-6(13)17-5-9-10(18-7(2)14)11(19-8(3)15)12(16-4)20-9;1-10-6-5(9)4(8)3(2-7)11-6;6-1-2-3(7)4(8)5(9)10-2;1-3-2;/h9-11,16H,5H2,1-4H3;10-11H,5H2,1-4H3;9-12H,5H2,1-4H3;3-9H,2H2,1H3;2-9H,1H2;1-2H;1H2/t9?,10-,11-;10-,11-;9?,10-,11-,12?;3?,4-,5-,6?;2?,3-,4-,5?;;/m11111../s1. The van der Waals surface area contributed by atoms with Gasteiger partial charge in [0, 0.05) is 76.5 Å². The molecule has 12 N–H and O–H groups in total. The number of carbonyl (C=O) groups excluding carboxylic acids is 12. The van der Waals surface area contributed by atoms with Gasteiger partial charge in [0.05, 0.1) is 27.4 Å². The molecule has 506 valence electrons. The molecule has 7 unspecified atom stereocenters. The average molecular weight is 1280 g/mol. The van der Waals surface area contributed by atoms with Gasteiger partial charge in [-0.05, 0) is 0 Å². The second-order valence-corrected chi connectivity index (χ2v) is 16.8. The van der Waals surface area contributed by atoms with Crippen molar-refractivity contribution < 1.29 is 195 Å². The number of ether oxygens (including phenoxy) is 16. The van der Waals surface area contributed by atoms with Gasteiger partial charge < -0.3 is 122 Å². The van der Waals surface area contributed by atoms with E-state index in [9.17, 15) is 62.6 Å². The Labute approximate surface area is 494 Å². The molecule has 3 fully saturated rings. The Morgan fingerprint density at radius 3 is 1.18 bits per heavy atom. The summed E-state index contributed by atoms with van der Waals surface area (Å²) in [7, 11) is 4.75. The van der Waals surface area contributed by atoms with E-state index in [1.54, 1.807) is 0 Å². The molecule has 0 aromatic heterocycles. The highest BCUT2D eigenvalue weighted by atomic mass is 17.4. The summed E-state index contributed by atoms with van der Waals surface area (Å²) in [6.45, 7) is 7.74. The molecule has 40 heteroatoms. The molecule has 0 saturated carbocycles. The predicted octanol–water partition coefficient (Wildman–Crippen LogP) is -7.50. The van der Waals surface area contributed by atoms with Crippen LogP contribution in [0.15, 0.2) is 0 Å². The van der Waals surface area contributed by atoms with Gasteiger partial charge in [0.15, 0.2) is 43.8 Å². The zero-order chi connectivity index (χ0) is 67.3. The molecule has 0 aliphatic carbocycles. The molecule has 3 aliphatic rings. The highest BCUT2D eigenvalue weighted by molar-refractivity contribution is 5.94. The van der Waals surface area contributed by atoms with Crippen molar-refractivity contribution in [1.82, 2.24) is 0 Å². The zero-order valence-corrected chi connectivity index (χ0v) is 49.2. The Morgan fingerprint density at radius 2 is 0.839 bits per heavy atom. The van der Waals surface area contributed by atoms with Crippen LogP contribution in [0.4, 0.5) is 0 Å². The molecule has 17 atom stereocenters. The molecule has 0 aromatic carbocycles. The normalized spacial score (nSPS) is 24.5. The minimum absolute atomic E-state index is 0. The number of aliphatic hydroxyl groups excluding tert-OH is 8. The van der Waals surface area contributed by atoms with E-state index in [-0.39, 0.29) is 18.7 Å². The van der Waals surface area contributed by atoms with Crippen LogP contribution in [-0.2, 0) is 138 Å². The molecule has 0 aromatic rings. The predicted molar refractivity (Wildman–Crippen MR) is 269 cm³/mol. The molecular weight excluding hydrogens is 1200 g/mol. The van der Waals surface area contributed by atoms with Gasteiger partial charge in [-0.25, -0.2) is 20.1 Å². The van der Waals surface area contributed by atoms with Gasteiger partial charge in [0.1, 0.15) is 62.0 Å². The Hall–Kier alpha value is -6.84. The first-order valence-electron chi connectivity index (χ1n) is 24.4. The fourth-order valence-corrected chi connectivity index (χ4v) is 6.44. The Bertz CT molecular complexity index is 2100. The van der Waals surface area contributed by atoms with E-state index in [2.05, 4.69) is 42.9 Å². The third-order valence-corrected chi connectivity index (χ3v) is 10.00. The number of Topliss-reactive ketones (excluding diaryl/α,β-unsaturated/α-hetero) is 1. The highest BCUT2D eigenvalue weighted by Gasteiger charge is 2.50. The molecule has 3 heterocycles. The molecule has 3 rings (SSSR count). The summed E-state index contributed by atoms with van der Waals surface area (Å²) < 4.78 is 76.2. The van der Waals surface area contributed by atoms with Crippen molar-refractivity contribution in [3.63, 3.8) is 0 Å². The number of ketones is 1. The van der Waals surface area contributed by atoms with Crippen molar-refractivity contribution in [2.75, 3.05) is 61.5 Å². The van der Waals surface area contributed by atoms with Gasteiger partial charge in [-0.1, -0.05) is 5.04 Å². The number of carbonyl (C=O) groups is 12. The maximum absolute atomic E-state index is 11.9. The molecule has 0 bridgehead atoms. The van der Waals surface area contributed by atoms with Crippen molar-refractivity contribution >= 4 is 71.4 Å². The van der Waals surface area contributed by atoms with Crippen LogP contribution in [0.1, 0.15) is 62.3 Å². The van der Waals surface area contributed by atoms with Gasteiger partial charge in [0.25, 0.3) is 0 Å². The number of methoxy groups -OCH3 is 4. The molecule has 3 aliphatic heterocycles. The van der Waals surface area contributed by atoms with E-state index >= 15 is 0 Å². The second kappa shape index (κ2) is 46.3. The number of hydrogen-bond acceptors (Lipinski definition) is 39. The summed E-state index contributed by atoms with van der Waals surface area (Å²) in [5.41, 5.74) is 0. The molecule has 0 spiro atoms. The van der Waals surface area contributed by atoms with Crippen molar-refractivity contribution in [2.45, 2.75) is 167 Å². The highest BCUT2D eigenvalue weighted by Crippen LogP contribution is 2.28. The van der Waals surface area contributed by atoms with Crippen LogP contribution in [0.25, 0.3) is 0 Å².